The molecule has 23 heavy (non-hydrogen) atoms. The van der Waals surface area contributed by atoms with Crippen LogP contribution >= 0.6 is 0 Å². The number of hydrogen-bond acceptors (Lipinski definition) is 3. The minimum atomic E-state index is -0.866. The van der Waals surface area contributed by atoms with E-state index >= 15 is 0 Å². The van der Waals surface area contributed by atoms with Gasteiger partial charge in [-0.2, -0.15) is 0 Å². The van der Waals surface area contributed by atoms with E-state index in [4.69, 9.17) is 4.74 Å². The summed E-state index contributed by atoms with van der Waals surface area (Å²) in [6.45, 7) is 5.58. The molecule has 0 unspecified atom stereocenters. The van der Waals surface area contributed by atoms with E-state index < -0.39 is 12.1 Å². The van der Waals surface area contributed by atoms with Crippen LogP contribution in [0.25, 0.3) is 0 Å². The molecule has 0 aliphatic carbocycles. The minimum Gasteiger partial charge on any atom is -0.449 e. The van der Waals surface area contributed by atoms with E-state index in [-0.39, 0.29) is 5.91 Å². The number of benzene rings is 2. The van der Waals surface area contributed by atoms with Gasteiger partial charge in [-0.25, -0.2) is 4.79 Å². The number of aryl methyl sites for hydroxylation is 2. The number of nitrogens with one attached hydrogen (secondary N) is 1. The van der Waals surface area contributed by atoms with Gasteiger partial charge in [0.15, 0.2) is 6.10 Å². The van der Waals surface area contributed by atoms with Gasteiger partial charge in [0.2, 0.25) is 0 Å². The Kier molecular flexibility index (Phi) is 5.52. The molecule has 0 radical (unpaired) electrons. The van der Waals surface area contributed by atoms with Crippen molar-refractivity contribution in [3.8, 4) is 0 Å². The van der Waals surface area contributed by atoms with Crippen molar-refractivity contribution in [3.05, 3.63) is 65.2 Å². The van der Waals surface area contributed by atoms with Gasteiger partial charge in [0.05, 0.1) is 5.56 Å². The summed E-state index contributed by atoms with van der Waals surface area (Å²) in [5.41, 5.74) is 3.37. The number of esters is 1. The van der Waals surface area contributed by atoms with Gasteiger partial charge in [0.25, 0.3) is 5.91 Å². The van der Waals surface area contributed by atoms with Crippen LogP contribution in [0.4, 0.5) is 5.69 Å². The fourth-order valence-electron chi connectivity index (χ4n) is 2.04. The van der Waals surface area contributed by atoms with E-state index in [1.807, 2.05) is 50.2 Å². The van der Waals surface area contributed by atoms with Crippen LogP contribution in [-0.4, -0.2) is 18.0 Å². The second-order valence-corrected chi connectivity index (χ2v) is 5.45. The topological polar surface area (TPSA) is 55.4 Å². The molecule has 0 aliphatic rings. The molecule has 1 N–H and O–H groups in total. The summed E-state index contributed by atoms with van der Waals surface area (Å²) >= 11 is 0. The van der Waals surface area contributed by atoms with Gasteiger partial charge in [-0.15, -0.1) is 0 Å². The Labute approximate surface area is 136 Å². The molecule has 0 heterocycles. The van der Waals surface area contributed by atoms with Crippen molar-refractivity contribution >= 4 is 17.6 Å². The summed E-state index contributed by atoms with van der Waals surface area (Å²) in [6.07, 6.45) is 0.0414. The molecule has 2 rings (SSSR count). The standard InChI is InChI=1S/C19H21NO3/c1-4-15-7-9-16(10-8-15)19(22)23-14(3)18(21)20-17-11-5-13(2)6-12-17/h5-12,14H,4H2,1-3H3,(H,20,21)/t14-/m1/s1. The lowest BCUT2D eigenvalue weighted by atomic mass is 10.1. The van der Waals surface area contributed by atoms with Crippen molar-refractivity contribution in [3.63, 3.8) is 0 Å². The Hall–Kier alpha value is -2.62. The molecular weight excluding hydrogens is 290 g/mol. The Bertz CT molecular complexity index is 675. The Morgan fingerprint density at radius 1 is 1.04 bits per heavy atom. The third-order valence-electron chi connectivity index (χ3n) is 3.57. The van der Waals surface area contributed by atoms with Crippen molar-refractivity contribution in [2.75, 3.05) is 5.32 Å². The maximum atomic E-state index is 12.1. The number of hydrogen-bond donors (Lipinski definition) is 1. The Morgan fingerprint density at radius 2 is 1.65 bits per heavy atom. The summed E-state index contributed by atoms with van der Waals surface area (Å²) < 4.78 is 5.22. The molecule has 0 saturated heterocycles. The van der Waals surface area contributed by atoms with Crippen LogP contribution in [-0.2, 0) is 16.0 Å². The van der Waals surface area contributed by atoms with E-state index in [0.717, 1.165) is 17.5 Å². The lowest BCUT2D eigenvalue weighted by molar-refractivity contribution is -0.123. The second-order valence-electron chi connectivity index (χ2n) is 5.45. The molecule has 0 fully saturated rings. The molecule has 120 valence electrons. The third-order valence-corrected chi connectivity index (χ3v) is 3.57. The Balaban J connectivity index is 1.94. The quantitative estimate of drug-likeness (QED) is 0.856. The van der Waals surface area contributed by atoms with Crippen LogP contribution in [0.3, 0.4) is 0 Å². The highest BCUT2D eigenvalue weighted by Gasteiger charge is 2.19. The van der Waals surface area contributed by atoms with Crippen LogP contribution in [0.1, 0.15) is 35.3 Å². The molecule has 1 amide bonds. The van der Waals surface area contributed by atoms with Crippen molar-refractivity contribution in [2.45, 2.75) is 33.3 Å². The van der Waals surface area contributed by atoms with Gasteiger partial charge in [-0.05, 0) is 50.1 Å². The summed E-state index contributed by atoms with van der Waals surface area (Å²) in [6, 6.07) is 14.6. The normalized spacial score (nSPS) is 11.6. The highest BCUT2D eigenvalue weighted by atomic mass is 16.5. The van der Waals surface area contributed by atoms with E-state index in [1.165, 1.54) is 0 Å². The predicted octanol–water partition coefficient (Wildman–Crippen LogP) is 3.74. The maximum Gasteiger partial charge on any atom is 0.338 e. The SMILES string of the molecule is CCc1ccc(C(=O)O[C@H](C)C(=O)Nc2ccc(C)cc2)cc1. The molecule has 2 aromatic rings. The first-order valence-electron chi connectivity index (χ1n) is 7.67. The number of ether oxygens (including phenoxy) is 1. The average Bonchev–Trinajstić information content (AvgIpc) is 2.56. The van der Waals surface area contributed by atoms with E-state index in [1.54, 1.807) is 19.1 Å². The fraction of sp³-hybridized carbons (Fsp3) is 0.263. The van der Waals surface area contributed by atoms with Crippen molar-refractivity contribution in [1.82, 2.24) is 0 Å². The first-order valence-corrected chi connectivity index (χ1v) is 7.67. The largest absolute Gasteiger partial charge is 0.449 e. The molecular formula is C19H21NO3. The molecule has 4 heteroatoms. The third kappa shape index (κ3) is 4.68. The molecule has 2 aromatic carbocycles. The monoisotopic (exact) mass is 311 g/mol. The van der Waals surface area contributed by atoms with Crippen molar-refractivity contribution < 1.29 is 14.3 Å². The summed E-state index contributed by atoms with van der Waals surface area (Å²) in [5.74, 6) is -0.855. The first kappa shape index (κ1) is 16.7. The van der Waals surface area contributed by atoms with Crippen LogP contribution < -0.4 is 5.32 Å². The zero-order valence-corrected chi connectivity index (χ0v) is 13.6. The number of anilines is 1. The summed E-state index contributed by atoms with van der Waals surface area (Å²) in [5, 5.41) is 2.73. The number of amides is 1. The average molecular weight is 311 g/mol. The highest BCUT2D eigenvalue weighted by molar-refractivity contribution is 5.97. The highest BCUT2D eigenvalue weighted by Crippen LogP contribution is 2.11. The van der Waals surface area contributed by atoms with Crippen LogP contribution in [0.15, 0.2) is 48.5 Å². The lowest BCUT2D eigenvalue weighted by Gasteiger charge is -2.14. The fourth-order valence-corrected chi connectivity index (χ4v) is 2.04. The number of rotatable bonds is 5. The summed E-state index contributed by atoms with van der Waals surface area (Å²) in [4.78, 5) is 24.1. The van der Waals surface area contributed by atoms with Gasteiger partial charge in [0, 0.05) is 5.69 Å². The van der Waals surface area contributed by atoms with Crippen molar-refractivity contribution in [1.29, 1.82) is 0 Å². The van der Waals surface area contributed by atoms with Gasteiger partial charge in [-0.3, -0.25) is 4.79 Å². The molecule has 0 saturated carbocycles. The van der Waals surface area contributed by atoms with Gasteiger partial charge < -0.3 is 10.1 Å². The molecule has 0 aliphatic heterocycles. The van der Waals surface area contributed by atoms with E-state index in [2.05, 4.69) is 5.32 Å². The minimum absolute atomic E-state index is 0.354. The van der Waals surface area contributed by atoms with Crippen LogP contribution in [0.2, 0.25) is 0 Å². The van der Waals surface area contributed by atoms with E-state index in [0.29, 0.717) is 11.3 Å². The first-order chi connectivity index (χ1) is 11.0. The molecule has 1 atom stereocenters. The number of carbonyl (C=O) groups excluding carboxylic acids is 2. The molecule has 0 bridgehead atoms. The van der Waals surface area contributed by atoms with E-state index in [9.17, 15) is 9.59 Å². The molecule has 0 spiro atoms. The smallest absolute Gasteiger partial charge is 0.338 e. The predicted molar refractivity (Wildman–Crippen MR) is 90.5 cm³/mol. The van der Waals surface area contributed by atoms with Crippen molar-refractivity contribution in [2.24, 2.45) is 0 Å². The van der Waals surface area contributed by atoms with Gasteiger partial charge >= 0.3 is 5.97 Å². The van der Waals surface area contributed by atoms with Gasteiger partial charge in [0.1, 0.15) is 0 Å². The zero-order chi connectivity index (χ0) is 16.8. The Morgan fingerprint density at radius 3 is 2.22 bits per heavy atom. The maximum absolute atomic E-state index is 12.1. The molecule has 4 nitrogen and oxygen atoms in total. The van der Waals surface area contributed by atoms with Crippen LogP contribution in [0.5, 0.6) is 0 Å². The van der Waals surface area contributed by atoms with Gasteiger partial charge in [-0.1, -0.05) is 36.8 Å². The lowest BCUT2D eigenvalue weighted by Crippen LogP contribution is -2.30. The summed E-state index contributed by atoms with van der Waals surface area (Å²) in [7, 11) is 0. The zero-order valence-electron chi connectivity index (χ0n) is 13.6. The van der Waals surface area contributed by atoms with Crippen LogP contribution in [0, 0.1) is 6.92 Å². The molecule has 0 aromatic heterocycles. The second kappa shape index (κ2) is 7.58. The number of carbonyl (C=O) groups is 2.